The summed E-state index contributed by atoms with van der Waals surface area (Å²) in [6.07, 6.45) is 1.84. The summed E-state index contributed by atoms with van der Waals surface area (Å²) in [4.78, 5) is 17.4. The summed E-state index contributed by atoms with van der Waals surface area (Å²) >= 11 is 0. The maximum atomic E-state index is 11.1. The van der Waals surface area contributed by atoms with Crippen molar-refractivity contribution in [3.63, 3.8) is 0 Å². The van der Waals surface area contributed by atoms with Gasteiger partial charge < -0.3 is 15.0 Å². The first-order valence-electron chi connectivity index (χ1n) is 7.57. The van der Waals surface area contributed by atoms with Crippen LogP contribution in [0.15, 0.2) is 22.7 Å². The molecule has 0 spiro atoms. The second-order valence-corrected chi connectivity index (χ2v) is 5.59. The molecule has 0 unspecified atom stereocenters. The molecular weight excluding hydrogens is 310 g/mol. The van der Waals surface area contributed by atoms with Crippen LogP contribution in [-0.4, -0.2) is 34.6 Å². The number of hydrogen-bond acceptors (Lipinski definition) is 7. The fraction of sp³-hybridized carbons (Fsp3) is 0.375. The molecule has 8 heteroatoms. The number of rotatable bonds is 5. The molecule has 2 N–H and O–H groups in total. The number of carbonyl (C=O) groups excluding carboxylic acids is 1. The maximum absolute atomic E-state index is 11.1. The molecule has 2 heterocycles. The van der Waals surface area contributed by atoms with E-state index in [1.807, 2.05) is 6.07 Å². The van der Waals surface area contributed by atoms with Crippen molar-refractivity contribution in [2.24, 2.45) is 5.73 Å². The van der Waals surface area contributed by atoms with Crippen LogP contribution < -0.4 is 10.5 Å². The standard InChI is InChI=1S/C16H17N5O3/c1-23-13-7-10(8-17)4-5-11(13)9-21-6-2-3-12(21)16-19-15(14(18)22)20-24-16/h4-5,7,12H,2-3,6,9H2,1H3,(H2,18,22)/t12-/m1/s1. The van der Waals surface area contributed by atoms with E-state index in [1.54, 1.807) is 19.2 Å². The smallest absolute Gasteiger partial charge is 0.290 e. The number of amides is 1. The number of benzene rings is 1. The van der Waals surface area contributed by atoms with Crippen molar-refractivity contribution in [1.82, 2.24) is 15.0 Å². The van der Waals surface area contributed by atoms with Gasteiger partial charge in [0.2, 0.25) is 5.89 Å². The number of nitrogens with two attached hydrogens (primary N) is 1. The Morgan fingerprint density at radius 2 is 2.42 bits per heavy atom. The van der Waals surface area contributed by atoms with Crippen molar-refractivity contribution in [2.45, 2.75) is 25.4 Å². The zero-order valence-electron chi connectivity index (χ0n) is 13.2. The summed E-state index contributed by atoms with van der Waals surface area (Å²) in [6.45, 7) is 1.48. The highest BCUT2D eigenvalue weighted by molar-refractivity contribution is 5.88. The summed E-state index contributed by atoms with van der Waals surface area (Å²) in [5.74, 6) is 0.257. The normalized spacial score (nSPS) is 17.6. The van der Waals surface area contributed by atoms with Crippen LogP contribution >= 0.6 is 0 Å². The number of hydrogen-bond donors (Lipinski definition) is 1. The van der Waals surface area contributed by atoms with E-state index >= 15 is 0 Å². The van der Waals surface area contributed by atoms with Crippen molar-refractivity contribution in [3.05, 3.63) is 41.0 Å². The zero-order chi connectivity index (χ0) is 17.1. The second-order valence-electron chi connectivity index (χ2n) is 5.59. The summed E-state index contributed by atoms with van der Waals surface area (Å²) in [7, 11) is 1.58. The van der Waals surface area contributed by atoms with Crippen LogP contribution in [0.4, 0.5) is 0 Å². The van der Waals surface area contributed by atoms with Crippen molar-refractivity contribution < 1.29 is 14.1 Å². The van der Waals surface area contributed by atoms with E-state index in [-0.39, 0.29) is 11.9 Å². The summed E-state index contributed by atoms with van der Waals surface area (Å²) < 4.78 is 10.6. The number of aromatic nitrogens is 2. The van der Waals surface area contributed by atoms with Crippen LogP contribution in [0, 0.1) is 11.3 Å². The Bertz CT molecular complexity index is 795. The average Bonchev–Trinajstić information content (AvgIpc) is 3.24. The fourth-order valence-electron chi connectivity index (χ4n) is 2.93. The molecular formula is C16H17N5O3. The highest BCUT2D eigenvalue weighted by Gasteiger charge is 2.31. The van der Waals surface area contributed by atoms with Gasteiger partial charge in [-0.25, -0.2) is 0 Å². The Labute approximate surface area is 138 Å². The lowest BCUT2D eigenvalue weighted by Gasteiger charge is -2.22. The molecule has 0 saturated carbocycles. The number of primary amides is 1. The van der Waals surface area contributed by atoms with Gasteiger partial charge in [-0.15, -0.1) is 0 Å². The molecule has 0 bridgehead atoms. The molecule has 2 aromatic rings. The Morgan fingerprint density at radius 1 is 1.58 bits per heavy atom. The third-order valence-corrected chi connectivity index (χ3v) is 4.10. The molecule has 124 valence electrons. The van der Waals surface area contributed by atoms with E-state index in [0.717, 1.165) is 24.9 Å². The van der Waals surface area contributed by atoms with Gasteiger partial charge in [0.25, 0.3) is 11.7 Å². The van der Waals surface area contributed by atoms with E-state index in [9.17, 15) is 4.79 Å². The second kappa shape index (κ2) is 6.68. The Hall–Kier alpha value is -2.92. The lowest BCUT2D eigenvalue weighted by atomic mass is 10.1. The third kappa shape index (κ3) is 3.07. The number of likely N-dealkylation sites (tertiary alicyclic amines) is 1. The van der Waals surface area contributed by atoms with Gasteiger partial charge in [0, 0.05) is 12.1 Å². The van der Waals surface area contributed by atoms with Crippen molar-refractivity contribution >= 4 is 5.91 Å². The molecule has 3 rings (SSSR count). The van der Waals surface area contributed by atoms with E-state index in [0.29, 0.717) is 23.7 Å². The summed E-state index contributed by atoms with van der Waals surface area (Å²) in [6, 6.07) is 7.41. The van der Waals surface area contributed by atoms with E-state index in [2.05, 4.69) is 21.1 Å². The highest BCUT2D eigenvalue weighted by atomic mass is 16.5. The van der Waals surface area contributed by atoms with E-state index in [4.69, 9.17) is 20.3 Å². The van der Waals surface area contributed by atoms with Gasteiger partial charge in [0.05, 0.1) is 24.8 Å². The number of nitriles is 1. The van der Waals surface area contributed by atoms with Crippen molar-refractivity contribution in [3.8, 4) is 11.8 Å². The van der Waals surface area contributed by atoms with Crippen LogP contribution in [0.5, 0.6) is 5.75 Å². The first-order valence-corrected chi connectivity index (χ1v) is 7.57. The molecule has 0 radical (unpaired) electrons. The van der Waals surface area contributed by atoms with Crippen LogP contribution in [0.3, 0.4) is 0 Å². The molecule has 1 aliphatic rings. The predicted octanol–water partition coefficient (Wildman–Crippen LogP) is 1.39. The first-order chi connectivity index (χ1) is 11.6. The summed E-state index contributed by atoms with van der Waals surface area (Å²) in [5.41, 5.74) is 6.69. The maximum Gasteiger partial charge on any atom is 0.290 e. The zero-order valence-corrected chi connectivity index (χ0v) is 13.2. The Morgan fingerprint density at radius 3 is 3.08 bits per heavy atom. The molecule has 1 saturated heterocycles. The molecule has 24 heavy (non-hydrogen) atoms. The molecule has 1 aromatic carbocycles. The third-order valence-electron chi connectivity index (χ3n) is 4.10. The van der Waals surface area contributed by atoms with Gasteiger partial charge in [0.1, 0.15) is 5.75 Å². The fourth-order valence-corrected chi connectivity index (χ4v) is 2.93. The van der Waals surface area contributed by atoms with Crippen LogP contribution in [0.1, 0.15) is 46.5 Å². The molecule has 8 nitrogen and oxygen atoms in total. The van der Waals surface area contributed by atoms with E-state index in [1.165, 1.54) is 0 Å². The van der Waals surface area contributed by atoms with Gasteiger partial charge in [-0.1, -0.05) is 11.2 Å². The van der Waals surface area contributed by atoms with Crippen LogP contribution in [0.25, 0.3) is 0 Å². The van der Waals surface area contributed by atoms with Crippen molar-refractivity contribution in [2.75, 3.05) is 13.7 Å². The molecule has 1 amide bonds. The van der Waals surface area contributed by atoms with Crippen LogP contribution in [-0.2, 0) is 6.54 Å². The quantitative estimate of drug-likeness (QED) is 0.881. The van der Waals surface area contributed by atoms with Gasteiger partial charge >= 0.3 is 0 Å². The Kier molecular flexibility index (Phi) is 4.44. The minimum Gasteiger partial charge on any atom is -0.496 e. The van der Waals surface area contributed by atoms with Gasteiger partial charge in [-0.05, 0) is 31.5 Å². The van der Waals surface area contributed by atoms with Crippen LogP contribution in [0.2, 0.25) is 0 Å². The lowest BCUT2D eigenvalue weighted by Crippen LogP contribution is -2.23. The number of nitrogens with zero attached hydrogens (tertiary/aromatic N) is 4. The summed E-state index contributed by atoms with van der Waals surface area (Å²) in [5, 5.41) is 12.6. The first kappa shape index (κ1) is 16.0. The molecule has 1 aliphatic heterocycles. The highest BCUT2D eigenvalue weighted by Crippen LogP contribution is 2.34. The lowest BCUT2D eigenvalue weighted by molar-refractivity contribution is 0.0987. The molecule has 1 fully saturated rings. The van der Waals surface area contributed by atoms with E-state index < -0.39 is 5.91 Å². The largest absolute Gasteiger partial charge is 0.496 e. The Balaban J connectivity index is 1.81. The molecule has 0 aliphatic carbocycles. The monoisotopic (exact) mass is 327 g/mol. The SMILES string of the molecule is COc1cc(C#N)ccc1CN1CCC[C@@H]1c1nc(C(N)=O)no1. The van der Waals surface area contributed by atoms with Crippen molar-refractivity contribution in [1.29, 1.82) is 5.26 Å². The minimum absolute atomic E-state index is 0.0639. The average molecular weight is 327 g/mol. The van der Waals surface area contributed by atoms with Gasteiger partial charge in [0.15, 0.2) is 0 Å². The molecule has 1 atom stereocenters. The predicted molar refractivity (Wildman–Crippen MR) is 82.9 cm³/mol. The number of carbonyl (C=O) groups is 1. The minimum atomic E-state index is -0.705. The van der Waals surface area contributed by atoms with Gasteiger partial charge in [-0.3, -0.25) is 9.69 Å². The van der Waals surface area contributed by atoms with Gasteiger partial charge in [-0.2, -0.15) is 10.2 Å². The molecule has 1 aromatic heterocycles. The number of ether oxygens (including phenoxy) is 1. The number of methoxy groups -OCH3 is 1. The topological polar surface area (TPSA) is 118 Å².